The zero-order valence-electron chi connectivity index (χ0n) is 28.6. The average molecular weight is 680 g/mol. The summed E-state index contributed by atoms with van der Waals surface area (Å²) in [5.41, 5.74) is 2.55. The van der Waals surface area contributed by atoms with Gasteiger partial charge in [0.1, 0.15) is 5.75 Å². The molecule has 1 aliphatic heterocycles. The lowest BCUT2D eigenvalue weighted by Crippen LogP contribution is -2.48. The van der Waals surface area contributed by atoms with Crippen molar-refractivity contribution in [2.45, 2.75) is 76.5 Å². The number of aryl methyl sites for hydroxylation is 1. The van der Waals surface area contributed by atoms with Crippen LogP contribution in [0.4, 0.5) is 5.69 Å². The van der Waals surface area contributed by atoms with Gasteiger partial charge in [-0.1, -0.05) is 55.0 Å². The van der Waals surface area contributed by atoms with Gasteiger partial charge in [0.25, 0.3) is 5.91 Å². The molecule has 0 radical (unpaired) electrons. The third-order valence-corrected chi connectivity index (χ3v) is 10.5. The van der Waals surface area contributed by atoms with Crippen LogP contribution in [0.3, 0.4) is 0 Å². The number of nitrogens with one attached hydrogen (secondary N) is 1. The first-order valence-electron chi connectivity index (χ1n) is 16.6. The summed E-state index contributed by atoms with van der Waals surface area (Å²) >= 11 is 0. The third-order valence-electron chi connectivity index (χ3n) is 8.71. The molecular weight excluding hydrogens is 630 g/mol. The standard InChI is InChI=1S/C37H49N3O7S/c1-26-14-17-32(18-15-26)48(44,45)39(5)24-35-27(2)23-40(28(3)25-41)37(43)33-22-31(38-36(42)21-30-12-7-6-8-13-30)16-19-34(33)47-29(4)11-9-10-20-46-35/h6-8,12-19,22,27-29,35,41H,9-11,20-21,23-25H2,1-5H3,(H,38,42)/t27-,28+,29+,35-/m0/s1. The minimum absolute atomic E-state index is 0.0839. The number of carbonyl (C=O) groups is 2. The number of sulfonamides is 1. The normalized spacial score (nSPS) is 20.4. The Morgan fingerprint density at radius 3 is 2.46 bits per heavy atom. The fraction of sp³-hybridized carbons (Fsp3) is 0.459. The fourth-order valence-corrected chi connectivity index (χ4v) is 6.87. The van der Waals surface area contributed by atoms with Gasteiger partial charge in [0.2, 0.25) is 15.9 Å². The Hall–Kier alpha value is -3.77. The van der Waals surface area contributed by atoms with Gasteiger partial charge in [-0.15, -0.1) is 0 Å². The molecule has 3 aromatic rings. The number of hydrogen-bond donors (Lipinski definition) is 2. The topological polar surface area (TPSA) is 125 Å². The quantitative estimate of drug-likeness (QED) is 0.315. The van der Waals surface area contributed by atoms with Gasteiger partial charge < -0.3 is 24.8 Å². The van der Waals surface area contributed by atoms with Crippen LogP contribution in [0, 0.1) is 12.8 Å². The van der Waals surface area contributed by atoms with E-state index in [1.807, 2.05) is 51.1 Å². The Morgan fingerprint density at radius 1 is 1.06 bits per heavy atom. The van der Waals surface area contributed by atoms with Crippen molar-refractivity contribution < 1.29 is 32.6 Å². The summed E-state index contributed by atoms with van der Waals surface area (Å²) in [6, 6.07) is 20.6. The van der Waals surface area contributed by atoms with Crippen LogP contribution in [0.5, 0.6) is 5.75 Å². The summed E-state index contributed by atoms with van der Waals surface area (Å²) in [7, 11) is -2.24. The molecule has 0 saturated heterocycles. The van der Waals surface area contributed by atoms with Gasteiger partial charge in [0, 0.05) is 38.3 Å². The summed E-state index contributed by atoms with van der Waals surface area (Å²) in [5.74, 6) is -0.507. The maximum Gasteiger partial charge on any atom is 0.258 e. The van der Waals surface area contributed by atoms with E-state index >= 15 is 0 Å². The molecular formula is C37H49N3O7S. The number of carbonyl (C=O) groups excluding carboxylic acids is 2. The lowest BCUT2D eigenvalue weighted by atomic mass is 10.0. The Balaban J connectivity index is 1.62. The van der Waals surface area contributed by atoms with E-state index < -0.39 is 22.2 Å². The number of nitrogens with zero attached hydrogens (tertiary/aromatic N) is 2. The van der Waals surface area contributed by atoms with Crippen LogP contribution in [-0.2, 0) is 26.0 Å². The molecule has 48 heavy (non-hydrogen) atoms. The van der Waals surface area contributed by atoms with Crippen molar-refractivity contribution in [3.63, 3.8) is 0 Å². The molecule has 3 aromatic carbocycles. The molecule has 260 valence electrons. The van der Waals surface area contributed by atoms with Crippen LogP contribution in [-0.4, -0.2) is 86.1 Å². The molecule has 10 nitrogen and oxygen atoms in total. The van der Waals surface area contributed by atoms with E-state index in [-0.39, 0.29) is 60.4 Å². The molecule has 2 amide bonds. The monoisotopic (exact) mass is 679 g/mol. The number of aliphatic hydroxyl groups is 1. The van der Waals surface area contributed by atoms with Crippen molar-refractivity contribution in [3.05, 3.63) is 89.5 Å². The summed E-state index contributed by atoms with van der Waals surface area (Å²) in [6.07, 6.45) is 1.72. The van der Waals surface area contributed by atoms with Crippen LogP contribution in [0.1, 0.15) is 61.5 Å². The smallest absolute Gasteiger partial charge is 0.258 e. The van der Waals surface area contributed by atoms with Gasteiger partial charge in [0.05, 0.1) is 41.7 Å². The lowest BCUT2D eigenvalue weighted by Gasteiger charge is -2.35. The number of ether oxygens (including phenoxy) is 2. The van der Waals surface area contributed by atoms with Crippen LogP contribution in [0.2, 0.25) is 0 Å². The maximum absolute atomic E-state index is 14.4. The molecule has 11 heteroatoms. The van der Waals surface area contributed by atoms with Gasteiger partial charge >= 0.3 is 0 Å². The number of benzene rings is 3. The first-order chi connectivity index (χ1) is 22.9. The van der Waals surface area contributed by atoms with Gasteiger partial charge in [-0.25, -0.2) is 8.42 Å². The number of anilines is 1. The number of likely N-dealkylation sites (N-methyl/N-ethyl adjacent to an activating group) is 1. The molecule has 1 aliphatic rings. The van der Waals surface area contributed by atoms with Crippen molar-refractivity contribution >= 4 is 27.5 Å². The highest BCUT2D eigenvalue weighted by Gasteiger charge is 2.32. The van der Waals surface area contributed by atoms with Crippen LogP contribution < -0.4 is 10.1 Å². The van der Waals surface area contributed by atoms with Gasteiger partial charge in [-0.2, -0.15) is 4.31 Å². The predicted octanol–water partition coefficient (Wildman–Crippen LogP) is 5.29. The van der Waals surface area contributed by atoms with Gasteiger partial charge in [-0.3, -0.25) is 9.59 Å². The molecule has 0 fully saturated rings. The molecule has 4 rings (SSSR count). The molecule has 2 N–H and O–H groups in total. The first-order valence-corrected chi connectivity index (χ1v) is 18.0. The van der Waals surface area contributed by atoms with Crippen LogP contribution in [0.25, 0.3) is 0 Å². The molecule has 0 aliphatic carbocycles. The minimum atomic E-state index is -3.79. The second kappa shape index (κ2) is 17.1. The number of rotatable bonds is 9. The Kier molecular flexibility index (Phi) is 13.2. The fourth-order valence-electron chi connectivity index (χ4n) is 5.69. The zero-order valence-corrected chi connectivity index (χ0v) is 29.4. The van der Waals surface area contributed by atoms with Crippen LogP contribution >= 0.6 is 0 Å². The van der Waals surface area contributed by atoms with Gasteiger partial charge in [-0.05, 0) is 75.9 Å². The number of fused-ring (bicyclic) bond motifs is 1. The molecule has 0 unspecified atom stereocenters. The third kappa shape index (κ3) is 9.88. The minimum Gasteiger partial charge on any atom is -0.490 e. The van der Waals surface area contributed by atoms with Crippen molar-refractivity contribution in [3.8, 4) is 5.75 Å². The average Bonchev–Trinajstić information content (AvgIpc) is 3.06. The van der Waals surface area contributed by atoms with E-state index in [1.165, 1.54) is 4.31 Å². The van der Waals surface area contributed by atoms with Crippen molar-refractivity contribution in [2.24, 2.45) is 5.92 Å². The predicted molar refractivity (Wildman–Crippen MR) is 187 cm³/mol. The highest BCUT2D eigenvalue weighted by atomic mass is 32.2. The molecule has 0 spiro atoms. The van der Waals surface area contributed by atoms with Gasteiger partial charge in [0.15, 0.2) is 0 Å². The summed E-state index contributed by atoms with van der Waals surface area (Å²) in [5, 5.41) is 13.1. The number of hydrogen-bond acceptors (Lipinski definition) is 7. The summed E-state index contributed by atoms with van der Waals surface area (Å²) < 4.78 is 40.9. The lowest BCUT2D eigenvalue weighted by molar-refractivity contribution is -0.115. The van der Waals surface area contributed by atoms with E-state index in [0.717, 1.165) is 24.0 Å². The largest absolute Gasteiger partial charge is 0.490 e. The number of amides is 2. The Morgan fingerprint density at radius 2 is 1.77 bits per heavy atom. The van der Waals surface area contributed by atoms with Crippen molar-refractivity contribution in [1.29, 1.82) is 0 Å². The highest BCUT2D eigenvalue weighted by molar-refractivity contribution is 7.89. The Labute approximate surface area is 285 Å². The molecule has 0 aromatic heterocycles. The van der Waals surface area contributed by atoms with E-state index in [4.69, 9.17) is 9.47 Å². The SMILES string of the molecule is Cc1ccc(S(=O)(=O)N(C)C[C@@H]2OCCCC[C@@H](C)Oc3ccc(NC(=O)Cc4ccccc4)cc3C(=O)N([C@H](C)CO)C[C@@H]2C)cc1. The zero-order chi connectivity index (χ0) is 34.8. The Bertz CT molecular complexity index is 1620. The molecule has 0 bridgehead atoms. The summed E-state index contributed by atoms with van der Waals surface area (Å²) in [4.78, 5) is 29.0. The van der Waals surface area contributed by atoms with E-state index in [9.17, 15) is 23.1 Å². The van der Waals surface area contributed by atoms with Crippen molar-refractivity contribution in [2.75, 3.05) is 38.7 Å². The number of aliphatic hydroxyl groups excluding tert-OH is 1. The molecule has 0 saturated carbocycles. The molecule has 4 atom stereocenters. The maximum atomic E-state index is 14.4. The second-order valence-corrected chi connectivity index (χ2v) is 14.9. The molecule has 1 heterocycles. The summed E-state index contributed by atoms with van der Waals surface area (Å²) in [6.45, 7) is 7.93. The van der Waals surface area contributed by atoms with E-state index in [1.54, 1.807) is 61.3 Å². The van der Waals surface area contributed by atoms with E-state index in [2.05, 4.69) is 5.32 Å². The highest BCUT2D eigenvalue weighted by Crippen LogP contribution is 2.29. The van der Waals surface area contributed by atoms with Crippen molar-refractivity contribution in [1.82, 2.24) is 9.21 Å². The first kappa shape index (κ1) is 37.1. The van der Waals surface area contributed by atoms with Crippen LogP contribution in [0.15, 0.2) is 77.7 Å². The van der Waals surface area contributed by atoms with E-state index in [0.29, 0.717) is 24.5 Å². The second-order valence-electron chi connectivity index (χ2n) is 12.8.